The van der Waals surface area contributed by atoms with Crippen LogP contribution in [0.4, 0.5) is 5.69 Å². The number of rotatable bonds is 3. The van der Waals surface area contributed by atoms with Gasteiger partial charge in [-0.25, -0.2) is 0 Å². The first-order valence-electron chi connectivity index (χ1n) is 5.17. The van der Waals surface area contributed by atoms with Gasteiger partial charge in [0.2, 0.25) is 0 Å². The molecule has 1 rings (SSSR count). The van der Waals surface area contributed by atoms with Gasteiger partial charge in [-0.1, -0.05) is 0 Å². The van der Waals surface area contributed by atoms with Crippen molar-refractivity contribution in [2.24, 2.45) is 7.05 Å². The summed E-state index contributed by atoms with van der Waals surface area (Å²) >= 11 is 0. The quantitative estimate of drug-likeness (QED) is 0.461. The summed E-state index contributed by atoms with van der Waals surface area (Å²) < 4.78 is 6.93. The zero-order chi connectivity index (χ0) is 13.4. The summed E-state index contributed by atoms with van der Waals surface area (Å²) in [5.74, 6) is -0.132. The summed E-state index contributed by atoms with van der Waals surface area (Å²) in [6, 6.07) is 1.24. The maximum Gasteiger partial charge on any atom is 0.331 e. The number of carbonyl (C=O) groups is 1. The first kappa shape index (κ1) is 13.2. The van der Waals surface area contributed by atoms with Crippen LogP contribution in [0.15, 0.2) is 6.07 Å². The number of aromatic nitrogens is 1. The second kappa shape index (κ2) is 4.20. The Bertz CT molecular complexity index is 469. The summed E-state index contributed by atoms with van der Waals surface area (Å²) in [6.45, 7) is 6.73. The van der Waals surface area contributed by atoms with Crippen molar-refractivity contribution in [1.29, 1.82) is 0 Å². The Morgan fingerprint density at radius 2 is 2.00 bits per heavy atom. The Morgan fingerprint density at radius 3 is 2.35 bits per heavy atom. The SMILES string of the molecule is CC(=O)c1cc([N+](=O)[O-])c(OC(C)(C)C)n1C. The van der Waals surface area contributed by atoms with Crippen LogP contribution in [0.25, 0.3) is 0 Å². The van der Waals surface area contributed by atoms with E-state index in [1.54, 1.807) is 27.8 Å². The van der Waals surface area contributed by atoms with Crippen LogP contribution in [0.5, 0.6) is 5.88 Å². The van der Waals surface area contributed by atoms with Crippen molar-refractivity contribution in [1.82, 2.24) is 4.57 Å². The standard InChI is InChI=1S/C11H16N2O4/c1-7(14)8-6-9(13(15)16)10(12(8)5)17-11(2,3)4/h6H,1-5H3. The minimum atomic E-state index is -0.565. The minimum Gasteiger partial charge on any atom is -0.468 e. The molecular weight excluding hydrogens is 224 g/mol. The first-order valence-corrected chi connectivity index (χ1v) is 5.17. The molecule has 0 aliphatic carbocycles. The molecule has 0 atom stereocenters. The van der Waals surface area contributed by atoms with Crippen molar-refractivity contribution in [3.8, 4) is 5.88 Å². The minimum absolute atomic E-state index is 0.104. The lowest BCUT2D eigenvalue weighted by Gasteiger charge is -2.21. The van der Waals surface area contributed by atoms with Gasteiger partial charge in [0.05, 0.1) is 10.6 Å². The van der Waals surface area contributed by atoms with Crippen LogP contribution in [0.1, 0.15) is 38.2 Å². The maximum atomic E-state index is 11.3. The van der Waals surface area contributed by atoms with E-state index >= 15 is 0 Å². The van der Waals surface area contributed by atoms with Crippen LogP contribution in [0.2, 0.25) is 0 Å². The number of ketones is 1. The average Bonchev–Trinajstić information content (AvgIpc) is 2.41. The maximum absolute atomic E-state index is 11.3. The Morgan fingerprint density at radius 1 is 1.47 bits per heavy atom. The van der Waals surface area contributed by atoms with E-state index in [0.29, 0.717) is 0 Å². The molecule has 1 heterocycles. The molecule has 6 nitrogen and oxygen atoms in total. The summed E-state index contributed by atoms with van der Waals surface area (Å²) in [6.07, 6.45) is 0. The van der Waals surface area contributed by atoms with E-state index in [2.05, 4.69) is 0 Å². The predicted molar refractivity (Wildman–Crippen MR) is 62.5 cm³/mol. The van der Waals surface area contributed by atoms with E-state index < -0.39 is 10.5 Å². The molecular formula is C11H16N2O4. The highest BCUT2D eigenvalue weighted by atomic mass is 16.6. The molecule has 0 amide bonds. The van der Waals surface area contributed by atoms with Gasteiger partial charge in [0.25, 0.3) is 5.88 Å². The van der Waals surface area contributed by atoms with Crippen molar-refractivity contribution in [3.63, 3.8) is 0 Å². The zero-order valence-electron chi connectivity index (χ0n) is 10.6. The second-order valence-corrected chi connectivity index (χ2v) is 4.81. The Hall–Kier alpha value is -1.85. The van der Waals surface area contributed by atoms with E-state index in [1.807, 2.05) is 0 Å². The van der Waals surface area contributed by atoms with E-state index in [4.69, 9.17) is 4.74 Å². The van der Waals surface area contributed by atoms with E-state index in [9.17, 15) is 14.9 Å². The molecule has 0 radical (unpaired) electrons. The van der Waals surface area contributed by atoms with Crippen LogP contribution in [0, 0.1) is 10.1 Å². The van der Waals surface area contributed by atoms with Gasteiger partial charge in [0, 0.05) is 20.0 Å². The third kappa shape index (κ3) is 2.83. The van der Waals surface area contributed by atoms with Gasteiger partial charge in [-0.15, -0.1) is 0 Å². The lowest BCUT2D eigenvalue weighted by atomic mass is 10.2. The fourth-order valence-corrected chi connectivity index (χ4v) is 1.45. The first-order chi connectivity index (χ1) is 7.63. The highest BCUT2D eigenvalue weighted by Crippen LogP contribution is 2.33. The fraction of sp³-hybridized carbons (Fsp3) is 0.545. The van der Waals surface area contributed by atoms with Gasteiger partial charge >= 0.3 is 5.69 Å². The molecule has 0 aliphatic rings. The van der Waals surface area contributed by atoms with E-state index in [1.165, 1.54) is 17.6 Å². The lowest BCUT2D eigenvalue weighted by molar-refractivity contribution is -0.386. The summed E-state index contributed by atoms with van der Waals surface area (Å²) in [7, 11) is 1.57. The number of nitrogens with zero attached hydrogens (tertiary/aromatic N) is 2. The normalized spacial score (nSPS) is 11.4. The number of hydrogen-bond donors (Lipinski definition) is 0. The van der Waals surface area contributed by atoms with Crippen LogP contribution >= 0.6 is 0 Å². The van der Waals surface area contributed by atoms with Gasteiger partial charge in [0.1, 0.15) is 5.60 Å². The highest BCUT2D eigenvalue weighted by Gasteiger charge is 2.28. The monoisotopic (exact) mass is 240 g/mol. The Balaban J connectivity index is 3.35. The van der Waals surface area contributed by atoms with Crippen molar-refractivity contribution < 1.29 is 14.5 Å². The lowest BCUT2D eigenvalue weighted by Crippen LogP contribution is -2.25. The molecule has 0 N–H and O–H groups in total. The third-order valence-corrected chi connectivity index (χ3v) is 2.12. The number of ether oxygens (including phenoxy) is 1. The molecule has 17 heavy (non-hydrogen) atoms. The fourth-order valence-electron chi connectivity index (χ4n) is 1.45. The summed E-state index contributed by atoms with van der Waals surface area (Å²) in [5.41, 5.74) is -0.492. The Kier molecular flexibility index (Phi) is 3.26. The second-order valence-electron chi connectivity index (χ2n) is 4.81. The molecule has 0 fully saturated rings. The van der Waals surface area contributed by atoms with Crippen molar-refractivity contribution >= 4 is 11.5 Å². The summed E-state index contributed by atoms with van der Waals surface area (Å²) in [4.78, 5) is 21.7. The molecule has 0 saturated heterocycles. The van der Waals surface area contributed by atoms with Gasteiger partial charge in [-0.05, 0) is 20.8 Å². The smallest absolute Gasteiger partial charge is 0.331 e. The molecule has 0 bridgehead atoms. The average molecular weight is 240 g/mol. The van der Waals surface area contributed by atoms with Crippen molar-refractivity contribution in [3.05, 3.63) is 21.9 Å². The van der Waals surface area contributed by atoms with Crippen LogP contribution in [-0.4, -0.2) is 20.9 Å². The predicted octanol–water partition coefficient (Wildman–Crippen LogP) is 2.31. The van der Waals surface area contributed by atoms with Crippen LogP contribution < -0.4 is 4.74 Å². The van der Waals surface area contributed by atoms with E-state index in [-0.39, 0.29) is 23.0 Å². The molecule has 0 aliphatic heterocycles. The molecule has 94 valence electrons. The van der Waals surface area contributed by atoms with Crippen LogP contribution in [-0.2, 0) is 7.05 Å². The molecule has 0 aromatic carbocycles. The third-order valence-electron chi connectivity index (χ3n) is 2.12. The molecule has 6 heteroatoms. The molecule has 0 unspecified atom stereocenters. The van der Waals surface area contributed by atoms with Gasteiger partial charge in [-0.2, -0.15) is 0 Å². The van der Waals surface area contributed by atoms with Crippen molar-refractivity contribution in [2.75, 3.05) is 0 Å². The summed E-state index contributed by atoms with van der Waals surface area (Å²) in [5, 5.41) is 10.9. The topological polar surface area (TPSA) is 74.4 Å². The Labute approximate surface area is 99.3 Å². The zero-order valence-corrected chi connectivity index (χ0v) is 10.6. The number of nitro groups is 1. The van der Waals surface area contributed by atoms with Crippen molar-refractivity contribution in [2.45, 2.75) is 33.3 Å². The van der Waals surface area contributed by atoms with Gasteiger partial charge in [0.15, 0.2) is 5.78 Å². The number of Topliss-reactive ketones (excluding diaryl/α,β-unsaturated/α-hetero) is 1. The number of hydrogen-bond acceptors (Lipinski definition) is 4. The molecule has 1 aromatic heterocycles. The van der Waals surface area contributed by atoms with Gasteiger partial charge < -0.3 is 9.30 Å². The largest absolute Gasteiger partial charge is 0.468 e. The molecule has 0 spiro atoms. The molecule has 0 saturated carbocycles. The van der Waals surface area contributed by atoms with Gasteiger partial charge in [-0.3, -0.25) is 14.9 Å². The molecule has 1 aromatic rings. The highest BCUT2D eigenvalue weighted by molar-refractivity contribution is 5.94. The van der Waals surface area contributed by atoms with E-state index in [0.717, 1.165) is 0 Å². The number of carbonyl (C=O) groups excluding carboxylic acids is 1. The van der Waals surface area contributed by atoms with Crippen LogP contribution in [0.3, 0.4) is 0 Å².